The number of rotatable bonds is 7. The zero-order valence-electron chi connectivity index (χ0n) is 14.9. The van der Waals surface area contributed by atoms with Gasteiger partial charge in [0.2, 0.25) is 5.91 Å². The maximum Gasteiger partial charge on any atom is 0.226 e. The highest BCUT2D eigenvalue weighted by Crippen LogP contribution is 2.30. The third-order valence-corrected chi connectivity index (χ3v) is 7.52. The third kappa shape index (κ3) is 5.93. The quantitative estimate of drug-likeness (QED) is 0.444. The number of carbonyl (C=O) groups excluding carboxylic acids is 1. The molecule has 0 unspecified atom stereocenters. The van der Waals surface area contributed by atoms with Crippen LogP contribution in [0.5, 0.6) is 0 Å². The van der Waals surface area contributed by atoms with Crippen LogP contribution in [-0.2, 0) is 14.6 Å². The van der Waals surface area contributed by atoms with Crippen molar-refractivity contribution < 1.29 is 13.2 Å². The Bertz CT molecular complexity index is 1130. The molecule has 152 valence electrons. The molecule has 0 aliphatic heterocycles. The first-order valence-corrected chi connectivity index (χ1v) is 12.1. The number of anilines is 1. The lowest BCUT2D eigenvalue weighted by Gasteiger charge is -2.05. The molecule has 0 aliphatic carbocycles. The highest BCUT2D eigenvalue weighted by Gasteiger charge is 2.15. The molecular weight excluding hydrogens is 475 g/mol. The SMILES string of the molecule is O=C(CCCS(=O)(=O)c1ccc(Cl)cc1)Nc1nc(-c2ccc(Cl)c(Cl)c2)cs1. The number of hydrogen-bond acceptors (Lipinski definition) is 5. The summed E-state index contributed by atoms with van der Waals surface area (Å²) in [5, 5.41) is 6.25. The normalized spacial score (nSPS) is 11.4. The minimum Gasteiger partial charge on any atom is -0.302 e. The van der Waals surface area contributed by atoms with E-state index in [-0.39, 0.29) is 29.4 Å². The Morgan fingerprint density at radius 3 is 2.45 bits per heavy atom. The maximum absolute atomic E-state index is 12.3. The Hall–Kier alpha value is -1.64. The molecule has 2 aromatic carbocycles. The van der Waals surface area contributed by atoms with E-state index >= 15 is 0 Å². The average Bonchev–Trinajstić information content (AvgIpc) is 3.12. The van der Waals surface area contributed by atoms with Crippen LogP contribution in [0.3, 0.4) is 0 Å². The van der Waals surface area contributed by atoms with Crippen molar-refractivity contribution in [3.63, 3.8) is 0 Å². The van der Waals surface area contributed by atoms with E-state index in [1.54, 1.807) is 23.6 Å². The first-order chi connectivity index (χ1) is 13.7. The van der Waals surface area contributed by atoms with Crippen LogP contribution in [-0.4, -0.2) is 25.1 Å². The van der Waals surface area contributed by atoms with E-state index in [9.17, 15) is 13.2 Å². The van der Waals surface area contributed by atoms with E-state index in [4.69, 9.17) is 34.8 Å². The molecule has 0 saturated heterocycles. The van der Waals surface area contributed by atoms with Crippen molar-refractivity contribution in [2.45, 2.75) is 17.7 Å². The summed E-state index contributed by atoms with van der Waals surface area (Å²) in [5.74, 6) is -0.430. The van der Waals surface area contributed by atoms with Crippen LogP contribution in [0.25, 0.3) is 11.3 Å². The van der Waals surface area contributed by atoms with Gasteiger partial charge in [0.1, 0.15) is 0 Å². The summed E-state index contributed by atoms with van der Waals surface area (Å²) >= 11 is 19.0. The fourth-order valence-corrected chi connectivity index (χ4v) is 4.95. The molecule has 0 radical (unpaired) electrons. The number of thiazole rings is 1. The lowest BCUT2D eigenvalue weighted by atomic mass is 10.2. The van der Waals surface area contributed by atoms with Gasteiger partial charge in [0, 0.05) is 22.4 Å². The fraction of sp³-hybridized carbons (Fsp3) is 0.158. The lowest BCUT2D eigenvalue weighted by molar-refractivity contribution is -0.116. The van der Waals surface area contributed by atoms with Crippen molar-refractivity contribution in [1.29, 1.82) is 0 Å². The number of nitrogens with one attached hydrogen (secondary N) is 1. The third-order valence-electron chi connectivity index (χ3n) is 3.96. The van der Waals surface area contributed by atoms with E-state index in [0.717, 1.165) is 5.56 Å². The molecular formula is C19H15Cl3N2O3S2. The van der Waals surface area contributed by atoms with Crippen molar-refractivity contribution >= 4 is 67.0 Å². The molecule has 1 aromatic heterocycles. The smallest absolute Gasteiger partial charge is 0.226 e. The van der Waals surface area contributed by atoms with Crippen molar-refractivity contribution in [1.82, 2.24) is 4.98 Å². The van der Waals surface area contributed by atoms with E-state index < -0.39 is 9.84 Å². The summed E-state index contributed by atoms with van der Waals surface area (Å²) in [6.07, 6.45) is 0.260. The Labute approximate surface area is 187 Å². The fourth-order valence-electron chi connectivity index (χ4n) is 2.48. The molecule has 1 N–H and O–H groups in total. The van der Waals surface area contributed by atoms with Crippen LogP contribution in [0.15, 0.2) is 52.7 Å². The van der Waals surface area contributed by atoms with Gasteiger partial charge < -0.3 is 5.32 Å². The van der Waals surface area contributed by atoms with Crippen LogP contribution in [0.1, 0.15) is 12.8 Å². The molecule has 3 rings (SSSR count). The van der Waals surface area contributed by atoms with Crippen molar-refractivity contribution in [3.05, 3.63) is 62.9 Å². The summed E-state index contributed by atoms with van der Waals surface area (Å²) in [7, 11) is -3.46. The van der Waals surface area contributed by atoms with Crippen LogP contribution >= 0.6 is 46.1 Å². The van der Waals surface area contributed by atoms with Gasteiger partial charge in [0.15, 0.2) is 15.0 Å². The largest absolute Gasteiger partial charge is 0.302 e. The Balaban J connectivity index is 1.54. The number of carbonyl (C=O) groups is 1. The Morgan fingerprint density at radius 1 is 1.03 bits per heavy atom. The number of halogens is 3. The molecule has 5 nitrogen and oxygen atoms in total. The second kappa shape index (κ2) is 9.45. The number of nitrogens with zero attached hydrogens (tertiary/aromatic N) is 1. The van der Waals surface area contributed by atoms with Crippen LogP contribution in [0.4, 0.5) is 5.13 Å². The number of sulfone groups is 1. The van der Waals surface area contributed by atoms with Gasteiger partial charge in [-0.1, -0.05) is 40.9 Å². The lowest BCUT2D eigenvalue weighted by Crippen LogP contribution is -2.14. The van der Waals surface area contributed by atoms with Gasteiger partial charge in [-0.25, -0.2) is 13.4 Å². The van der Waals surface area contributed by atoms with Gasteiger partial charge in [-0.15, -0.1) is 11.3 Å². The van der Waals surface area contributed by atoms with Crippen LogP contribution in [0.2, 0.25) is 15.1 Å². The molecule has 1 amide bonds. The Morgan fingerprint density at radius 2 is 1.76 bits per heavy atom. The van der Waals surface area contributed by atoms with Crippen molar-refractivity contribution in [2.75, 3.05) is 11.1 Å². The summed E-state index contributed by atoms with van der Waals surface area (Å²) in [6, 6.07) is 11.1. The first kappa shape index (κ1) is 22.1. The van der Waals surface area contributed by atoms with Crippen molar-refractivity contribution in [2.24, 2.45) is 0 Å². The summed E-state index contributed by atoms with van der Waals surface area (Å²) < 4.78 is 24.6. The second-order valence-electron chi connectivity index (χ2n) is 6.09. The number of amides is 1. The van der Waals surface area contributed by atoms with Gasteiger partial charge in [-0.05, 0) is 42.8 Å². The van der Waals surface area contributed by atoms with Gasteiger partial charge in [-0.3, -0.25) is 4.79 Å². The number of hydrogen-bond donors (Lipinski definition) is 1. The van der Waals surface area contributed by atoms with Crippen molar-refractivity contribution in [3.8, 4) is 11.3 Å². The highest BCUT2D eigenvalue weighted by molar-refractivity contribution is 7.91. The molecule has 0 atom stereocenters. The molecule has 0 spiro atoms. The molecule has 0 bridgehead atoms. The Kier molecular flexibility index (Phi) is 7.19. The summed E-state index contributed by atoms with van der Waals surface area (Å²) in [6.45, 7) is 0. The highest BCUT2D eigenvalue weighted by atomic mass is 35.5. The minimum atomic E-state index is -3.46. The molecule has 0 aliphatic rings. The maximum atomic E-state index is 12.3. The molecule has 10 heteroatoms. The van der Waals surface area contributed by atoms with Gasteiger partial charge in [0.25, 0.3) is 0 Å². The van der Waals surface area contributed by atoms with Gasteiger partial charge in [-0.2, -0.15) is 0 Å². The predicted octanol–water partition coefficient (Wildman–Crippen LogP) is 5.96. The molecule has 29 heavy (non-hydrogen) atoms. The predicted molar refractivity (Wildman–Crippen MR) is 119 cm³/mol. The standard InChI is InChI=1S/C19H15Cl3N2O3S2/c20-13-4-6-14(7-5-13)29(26,27)9-1-2-18(25)24-19-23-17(11-28-19)12-3-8-15(21)16(22)10-12/h3-8,10-11H,1-2,9H2,(H,23,24,25). The molecule has 0 saturated carbocycles. The molecule has 3 aromatic rings. The second-order valence-corrected chi connectivity index (χ2v) is 10.3. The van der Waals surface area contributed by atoms with E-state index in [1.807, 2.05) is 0 Å². The number of aromatic nitrogens is 1. The summed E-state index contributed by atoms with van der Waals surface area (Å²) in [4.78, 5) is 16.7. The minimum absolute atomic E-state index is 0.0640. The monoisotopic (exact) mass is 488 g/mol. The van der Waals surface area contributed by atoms with Gasteiger partial charge >= 0.3 is 0 Å². The topological polar surface area (TPSA) is 76.1 Å². The summed E-state index contributed by atoms with van der Waals surface area (Å²) in [5.41, 5.74) is 1.44. The molecule has 0 fully saturated rings. The number of benzene rings is 2. The average molecular weight is 490 g/mol. The zero-order chi connectivity index (χ0) is 21.0. The van der Waals surface area contributed by atoms with E-state index in [0.29, 0.717) is 25.9 Å². The molecule has 1 heterocycles. The van der Waals surface area contributed by atoms with Crippen LogP contribution in [0, 0.1) is 0 Å². The zero-order valence-corrected chi connectivity index (χ0v) is 18.8. The first-order valence-electron chi connectivity index (χ1n) is 8.44. The van der Waals surface area contributed by atoms with E-state index in [2.05, 4.69) is 10.3 Å². The van der Waals surface area contributed by atoms with Crippen LogP contribution < -0.4 is 5.32 Å². The van der Waals surface area contributed by atoms with E-state index in [1.165, 1.54) is 35.6 Å². The van der Waals surface area contributed by atoms with Gasteiger partial charge in [0.05, 0.1) is 26.4 Å².